The van der Waals surface area contributed by atoms with Crippen LogP contribution in [0.5, 0.6) is 0 Å². The molecule has 0 aliphatic carbocycles. The first kappa shape index (κ1) is 17.2. The smallest absolute Gasteiger partial charge is 0.326 e. The fourth-order valence-electron chi connectivity index (χ4n) is 2.34. The summed E-state index contributed by atoms with van der Waals surface area (Å²) in [5.74, 6) is -1.75. The third kappa shape index (κ3) is 5.58. The first-order chi connectivity index (χ1) is 9.81. The van der Waals surface area contributed by atoms with Gasteiger partial charge in [-0.05, 0) is 39.4 Å². The first-order valence-electron chi connectivity index (χ1n) is 7.04. The Morgan fingerprint density at radius 2 is 1.95 bits per heavy atom. The van der Waals surface area contributed by atoms with E-state index in [0.29, 0.717) is 0 Å². The summed E-state index contributed by atoms with van der Waals surface area (Å²) in [4.78, 5) is 37.7. The Morgan fingerprint density at radius 3 is 2.43 bits per heavy atom. The summed E-state index contributed by atoms with van der Waals surface area (Å²) in [5, 5.41) is 11.5. The molecule has 0 saturated carbocycles. The number of primary amides is 1. The van der Waals surface area contributed by atoms with Crippen molar-refractivity contribution in [2.75, 3.05) is 27.2 Å². The number of urea groups is 1. The fraction of sp³-hybridized carbons (Fsp3) is 0.769. The van der Waals surface area contributed by atoms with Gasteiger partial charge in [0.05, 0.1) is 0 Å². The van der Waals surface area contributed by atoms with Gasteiger partial charge in [0.2, 0.25) is 5.91 Å². The number of piperidine rings is 1. The number of amides is 3. The number of nitrogens with two attached hydrogens (primary N) is 1. The molecule has 1 fully saturated rings. The lowest BCUT2D eigenvalue weighted by atomic mass is 10.0. The molecule has 1 aliphatic rings. The summed E-state index contributed by atoms with van der Waals surface area (Å²) in [6.45, 7) is 1.82. The van der Waals surface area contributed by atoms with Crippen molar-refractivity contribution in [1.29, 1.82) is 0 Å². The van der Waals surface area contributed by atoms with Crippen LogP contribution in [0, 0.1) is 0 Å². The van der Waals surface area contributed by atoms with E-state index in [1.807, 2.05) is 7.05 Å². The number of aliphatic carboxylic acids is 1. The molecular formula is C13H24N4O4. The molecule has 0 aromatic rings. The van der Waals surface area contributed by atoms with Gasteiger partial charge in [-0.25, -0.2) is 9.59 Å². The van der Waals surface area contributed by atoms with Crippen molar-refractivity contribution in [3.05, 3.63) is 0 Å². The van der Waals surface area contributed by atoms with Crippen molar-refractivity contribution >= 4 is 17.9 Å². The Hall–Kier alpha value is -1.83. The van der Waals surface area contributed by atoms with E-state index < -0.39 is 23.9 Å². The number of rotatable bonds is 6. The van der Waals surface area contributed by atoms with Crippen LogP contribution in [0.3, 0.4) is 0 Å². The number of nitrogens with one attached hydrogen (secondary N) is 1. The second kappa shape index (κ2) is 7.82. The molecule has 8 nitrogen and oxygen atoms in total. The SMILES string of the molecule is CN1CCC(N(C)C(=O)N[C@H](CCC(N)=O)C(=O)O)CC1. The Labute approximate surface area is 124 Å². The normalized spacial score (nSPS) is 18.0. The molecule has 1 atom stereocenters. The lowest BCUT2D eigenvalue weighted by Crippen LogP contribution is -2.52. The van der Waals surface area contributed by atoms with Crippen LogP contribution in [0.2, 0.25) is 0 Å². The van der Waals surface area contributed by atoms with Crippen molar-refractivity contribution in [1.82, 2.24) is 15.1 Å². The van der Waals surface area contributed by atoms with E-state index >= 15 is 0 Å². The summed E-state index contributed by atoms with van der Waals surface area (Å²) in [6.07, 6.45) is 1.64. The maximum absolute atomic E-state index is 12.1. The van der Waals surface area contributed by atoms with Gasteiger partial charge in [0, 0.05) is 19.5 Å². The van der Waals surface area contributed by atoms with Crippen molar-refractivity contribution < 1.29 is 19.5 Å². The third-order valence-electron chi connectivity index (χ3n) is 3.83. The fourth-order valence-corrected chi connectivity index (χ4v) is 2.34. The first-order valence-corrected chi connectivity index (χ1v) is 7.04. The van der Waals surface area contributed by atoms with Crippen molar-refractivity contribution in [3.8, 4) is 0 Å². The Balaban J connectivity index is 2.51. The second-order valence-corrected chi connectivity index (χ2v) is 5.49. The largest absolute Gasteiger partial charge is 0.480 e. The summed E-state index contributed by atoms with van der Waals surface area (Å²) in [5.41, 5.74) is 5.00. The minimum atomic E-state index is -1.17. The van der Waals surface area contributed by atoms with Crippen LogP contribution in [0.4, 0.5) is 4.79 Å². The molecule has 0 aromatic heterocycles. The van der Waals surface area contributed by atoms with Gasteiger partial charge in [0.25, 0.3) is 0 Å². The van der Waals surface area contributed by atoms with Crippen LogP contribution in [0.1, 0.15) is 25.7 Å². The molecule has 3 amide bonds. The molecule has 1 saturated heterocycles. The van der Waals surface area contributed by atoms with Gasteiger partial charge in [-0.3, -0.25) is 4.79 Å². The molecule has 120 valence electrons. The monoisotopic (exact) mass is 300 g/mol. The van der Waals surface area contributed by atoms with Crippen LogP contribution in [0.15, 0.2) is 0 Å². The van der Waals surface area contributed by atoms with Crippen LogP contribution < -0.4 is 11.1 Å². The molecule has 0 unspecified atom stereocenters. The van der Waals surface area contributed by atoms with E-state index in [1.165, 1.54) is 0 Å². The summed E-state index contributed by atoms with van der Waals surface area (Å²) in [6, 6.07) is -1.42. The molecule has 4 N–H and O–H groups in total. The number of hydrogen-bond acceptors (Lipinski definition) is 4. The summed E-state index contributed by atoms with van der Waals surface area (Å²) >= 11 is 0. The average molecular weight is 300 g/mol. The lowest BCUT2D eigenvalue weighted by Gasteiger charge is -2.35. The minimum absolute atomic E-state index is 0.00233. The maximum atomic E-state index is 12.1. The van der Waals surface area contributed by atoms with Crippen LogP contribution >= 0.6 is 0 Å². The number of carbonyl (C=O) groups excluding carboxylic acids is 2. The van der Waals surface area contributed by atoms with Gasteiger partial charge in [0.1, 0.15) is 6.04 Å². The zero-order valence-corrected chi connectivity index (χ0v) is 12.5. The van der Waals surface area contributed by atoms with Gasteiger partial charge >= 0.3 is 12.0 Å². The molecular weight excluding hydrogens is 276 g/mol. The highest BCUT2D eigenvalue weighted by Gasteiger charge is 2.27. The van der Waals surface area contributed by atoms with Gasteiger partial charge < -0.3 is 26.0 Å². The van der Waals surface area contributed by atoms with E-state index in [4.69, 9.17) is 10.8 Å². The van der Waals surface area contributed by atoms with Crippen LogP contribution in [0.25, 0.3) is 0 Å². The molecule has 1 heterocycles. The van der Waals surface area contributed by atoms with Crippen LogP contribution in [-0.2, 0) is 9.59 Å². The van der Waals surface area contributed by atoms with Crippen LogP contribution in [-0.4, -0.2) is 72.1 Å². The Kier molecular flexibility index (Phi) is 6.41. The highest BCUT2D eigenvalue weighted by atomic mass is 16.4. The number of carbonyl (C=O) groups is 3. The molecule has 0 radical (unpaired) electrons. The molecule has 0 bridgehead atoms. The molecule has 0 aromatic carbocycles. The average Bonchev–Trinajstić information content (AvgIpc) is 2.42. The summed E-state index contributed by atoms with van der Waals surface area (Å²) in [7, 11) is 3.69. The Morgan fingerprint density at radius 1 is 1.38 bits per heavy atom. The van der Waals surface area contributed by atoms with Crippen molar-refractivity contribution in [2.24, 2.45) is 5.73 Å². The van der Waals surface area contributed by atoms with E-state index in [-0.39, 0.29) is 18.9 Å². The predicted molar refractivity (Wildman–Crippen MR) is 76.7 cm³/mol. The lowest BCUT2D eigenvalue weighted by molar-refractivity contribution is -0.139. The third-order valence-corrected chi connectivity index (χ3v) is 3.83. The maximum Gasteiger partial charge on any atom is 0.326 e. The molecule has 1 rings (SSSR count). The number of carboxylic acids is 1. The molecule has 0 spiro atoms. The molecule has 21 heavy (non-hydrogen) atoms. The number of likely N-dealkylation sites (tertiary alicyclic amines) is 1. The topological polar surface area (TPSA) is 116 Å². The number of nitrogens with zero attached hydrogens (tertiary/aromatic N) is 2. The summed E-state index contributed by atoms with van der Waals surface area (Å²) < 4.78 is 0. The van der Waals surface area contributed by atoms with Crippen molar-refractivity contribution in [3.63, 3.8) is 0 Å². The van der Waals surface area contributed by atoms with E-state index in [9.17, 15) is 14.4 Å². The van der Waals surface area contributed by atoms with Gasteiger partial charge in [-0.1, -0.05) is 0 Å². The van der Waals surface area contributed by atoms with E-state index in [2.05, 4.69) is 10.2 Å². The molecule has 1 aliphatic heterocycles. The second-order valence-electron chi connectivity index (χ2n) is 5.49. The van der Waals surface area contributed by atoms with Gasteiger partial charge in [-0.15, -0.1) is 0 Å². The minimum Gasteiger partial charge on any atom is -0.480 e. The highest BCUT2D eigenvalue weighted by molar-refractivity contribution is 5.83. The zero-order valence-electron chi connectivity index (χ0n) is 12.5. The number of carboxylic acid groups (broad SMARTS) is 1. The van der Waals surface area contributed by atoms with E-state index in [1.54, 1.807) is 11.9 Å². The highest BCUT2D eigenvalue weighted by Crippen LogP contribution is 2.14. The van der Waals surface area contributed by atoms with Gasteiger partial charge in [-0.2, -0.15) is 0 Å². The zero-order chi connectivity index (χ0) is 16.0. The predicted octanol–water partition coefficient (Wildman–Crippen LogP) is -0.559. The van der Waals surface area contributed by atoms with E-state index in [0.717, 1.165) is 25.9 Å². The number of hydrogen-bond donors (Lipinski definition) is 3. The molecule has 8 heteroatoms. The van der Waals surface area contributed by atoms with Gasteiger partial charge in [0.15, 0.2) is 0 Å². The Bertz CT molecular complexity index is 394. The quantitative estimate of drug-likeness (QED) is 0.608. The standard InChI is InChI=1S/C13H24N4O4/c1-16-7-5-9(6-8-16)17(2)13(21)15-10(12(19)20)3-4-11(14)18/h9-10H,3-8H2,1-2H3,(H2,14,18)(H,15,21)(H,19,20)/t10-/m1/s1. The van der Waals surface area contributed by atoms with Crippen molar-refractivity contribution in [2.45, 2.75) is 37.8 Å².